The SMILES string of the molecule is C[C@@H](NC(=O)CN(C)S(C)(=O)=O)C(=O)O. The average molecular weight is 238 g/mol. The van der Waals surface area contributed by atoms with Crippen LogP contribution in [0.4, 0.5) is 0 Å². The Balaban J connectivity index is 4.23. The molecule has 0 aliphatic heterocycles. The van der Waals surface area contributed by atoms with Crippen molar-refractivity contribution in [2.45, 2.75) is 13.0 Å². The van der Waals surface area contributed by atoms with E-state index in [4.69, 9.17) is 5.11 Å². The second-order valence-corrected chi connectivity index (χ2v) is 5.24. The van der Waals surface area contributed by atoms with E-state index in [1.165, 1.54) is 14.0 Å². The first-order valence-corrected chi connectivity index (χ1v) is 5.93. The van der Waals surface area contributed by atoms with Gasteiger partial charge in [0.15, 0.2) is 0 Å². The number of aliphatic carboxylic acids is 1. The zero-order chi connectivity index (χ0) is 12.2. The first kappa shape index (κ1) is 13.8. The van der Waals surface area contributed by atoms with Crippen LogP contribution in [0.25, 0.3) is 0 Å². The van der Waals surface area contributed by atoms with Crippen molar-refractivity contribution in [1.29, 1.82) is 0 Å². The van der Waals surface area contributed by atoms with Crippen LogP contribution in [0.3, 0.4) is 0 Å². The number of hydrogen-bond acceptors (Lipinski definition) is 4. The van der Waals surface area contributed by atoms with Crippen LogP contribution < -0.4 is 5.32 Å². The number of carbonyl (C=O) groups is 2. The largest absolute Gasteiger partial charge is 0.480 e. The summed E-state index contributed by atoms with van der Waals surface area (Å²) in [6.45, 7) is 0.900. The summed E-state index contributed by atoms with van der Waals surface area (Å²) in [5.74, 6) is -1.83. The van der Waals surface area contributed by atoms with E-state index in [2.05, 4.69) is 5.32 Å². The lowest BCUT2D eigenvalue weighted by Crippen LogP contribution is -2.44. The third-order valence-corrected chi connectivity index (χ3v) is 2.94. The number of nitrogens with one attached hydrogen (secondary N) is 1. The molecule has 88 valence electrons. The fourth-order valence-electron chi connectivity index (χ4n) is 0.668. The van der Waals surface area contributed by atoms with Gasteiger partial charge in [-0.2, -0.15) is 4.31 Å². The minimum absolute atomic E-state index is 0.392. The molecule has 0 aromatic heterocycles. The van der Waals surface area contributed by atoms with Gasteiger partial charge < -0.3 is 10.4 Å². The third-order valence-electron chi connectivity index (χ3n) is 1.68. The minimum atomic E-state index is -3.43. The molecule has 0 aromatic rings. The zero-order valence-electron chi connectivity index (χ0n) is 8.72. The number of amides is 1. The van der Waals surface area contributed by atoms with E-state index >= 15 is 0 Å². The second kappa shape index (κ2) is 5.08. The van der Waals surface area contributed by atoms with Crippen molar-refractivity contribution in [2.75, 3.05) is 19.8 Å². The minimum Gasteiger partial charge on any atom is -0.480 e. The molecule has 15 heavy (non-hydrogen) atoms. The van der Waals surface area contributed by atoms with Crippen LogP contribution in [-0.2, 0) is 19.6 Å². The van der Waals surface area contributed by atoms with Gasteiger partial charge in [0.1, 0.15) is 6.04 Å². The smallest absolute Gasteiger partial charge is 0.325 e. The van der Waals surface area contributed by atoms with Crippen molar-refractivity contribution >= 4 is 21.9 Å². The number of likely N-dealkylation sites (N-methyl/N-ethyl adjacent to an activating group) is 1. The molecular formula is C7H14N2O5S. The second-order valence-electron chi connectivity index (χ2n) is 3.15. The van der Waals surface area contributed by atoms with Crippen LogP contribution in [0.1, 0.15) is 6.92 Å². The van der Waals surface area contributed by atoms with Gasteiger partial charge in [-0.1, -0.05) is 0 Å². The molecule has 0 aliphatic carbocycles. The highest BCUT2D eigenvalue weighted by molar-refractivity contribution is 7.88. The Morgan fingerprint density at radius 3 is 2.27 bits per heavy atom. The van der Waals surface area contributed by atoms with Gasteiger partial charge >= 0.3 is 5.97 Å². The Hall–Kier alpha value is -1.15. The highest BCUT2D eigenvalue weighted by Crippen LogP contribution is 1.92. The zero-order valence-corrected chi connectivity index (χ0v) is 9.54. The number of carbonyl (C=O) groups excluding carboxylic acids is 1. The molecule has 0 aromatic carbocycles. The van der Waals surface area contributed by atoms with Gasteiger partial charge in [-0.15, -0.1) is 0 Å². The fourth-order valence-corrected chi connectivity index (χ4v) is 1.02. The van der Waals surface area contributed by atoms with Crippen LogP contribution in [0.2, 0.25) is 0 Å². The first-order chi connectivity index (χ1) is 6.64. The Bertz CT molecular complexity index is 350. The molecule has 0 bridgehead atoms. The van der Waals surface area contributed by atoms with E-state index in [0.717, 1.165) is 10.6 Å². The summed E-state index contributed by atoms with van der Waals surface area (Å²) < 4.78 is 22.7. The summed E-state index contributed by atoms with van der Waals surface area (Å²) in [5.41, 5.74) is 0. The summed E-state index contributed by atoms with van der Waals surface area (Å²) >= 11 is 0. The maximum Gasteiger partial charge on any atom is 0.325 e. The van der Waals surface area contributed by atoms with Crippen LogP contribution in [0, 0.1) is 0 Å². The van der Waals surface area contributed by atoms with Crippen molar-refractivity contribution in [3.8, 4) is 0 Å². The number of rotatable bonds is 5. The molecule has 1 atom stereocenters. The fraction of sp³-hybridized carbons (Fsp3) is 0.714. The van der Waals surface area contributed by atoms with Gasteiger partial charge in [-0.25, -0.2) is 8.42 Å². The molecular weight excluding hydrogens is 224 g/mol. The Morgan fingerprint density at radius 1 is 1.47 bits per heavy atom. The molecule has 2 N–H and O–H groups in total. The van der Waals surface area contributed by atoms with Crippen LogP contribution >= 0.6 is 0 Å². The lowest BCUT2D eigenvalue weighted by atomic mass is 10.3. The molecule has 0 aliphatic rings. The molecule has 0 unspecified atom stereocenters. The topological polar surface area (TPSA) is 104 Å². The van der Waals surface area contributed by atoms with Crippen LogP contribution in [0.15, 0.2) is 0 Å². The van der Waals surface area contributed by atoms with Crippen molar-refractivity contribution in [2.24, 2.45) is 0 Å². The third kappa shape index (κ3) is 5.33. The molecule has 7 nitrogen and oxygen atoms in total. The van der Waals surface area contributed by atoms with Gasteiger partial charge in [0.2, 0.25) is 15.9 Å². The Labute approximate surface area is 88.1 Å². The van der Waals surface area contributed by atoms with Crippen molar-refractivity contribution < 1.29 is 23.1 Å². The monoisotopic (exact) mass is 238 g/mol. The molecule has 1 amide bonds. The van der Waals surface area contributed by atoms with E-state index in [1.54, 1.807) is 0 Å². The highest BCUT2D eigenvalue weighted by Gasteiger charge is 2.18. The summed E-state index contributed by atoms with van der Waals surface area (Å²) in [6.07, 6.45) is 0.959. The van der Waals surface area contributed by atoms with E-state index in [1.807, 2.05) is 0 Å². The standard InChI is InChI=1S/C7H14N2O5S/c1-5(7(11)12)8-6(10)4-9(2)15(3,13)14/h5H,4H2,1-3H3,(H,8,10)(H,11,12)/t5-/m1/s1. The normalized spacial score (nSPS) is 13.6. The summed E-state index contributed by atoms with van der Waals surface area (Å²) in [7, 11) is -2.19. The molecule has 0 radical (unpaired) electrons. The highest BCUT2D eigenvalue weighted by atomic mass is 32.2. The van der Waals surface area contributed by atoms with Gasteiger partial charge in [-0.3, -0.25) is 9.59 Å². The summed E-state index contributed by atoms with van der Waals surface area (Å²) in [4.78, 5) is 21.5. The van der Waals surface area contributed by atoms with E-state index in [-0.39, 0.29) is 0 Å². The lowest BCUT2D eigenvalue weighted by molar-refractivity contribution is -0.141. The molecule has 0 spiro atoms. The quantitative estimate of drug-likeness (QED) is 0.604. The number of carboxylic acids is 1. The molecule has 0 fully saturated rings. The lowest BCUT2D eigenvalue weighted by Gasteiger charge is -2.15. The molecule has 0 saturated heterocycles. The van der Waals surface area contributed by atoms with E-state index in [0.29, 0.717) is 0 Å². The van der Waals surface area contributed by atoms with Crippen LogP contribution in [0.5, 0.6) is 0 Å². The van der Waals surface area contributed by atoms with Crippen molar-refractivity contribution in [3.05, 3.63) is 0 Å². The maximum absolute atomic E-state index is 11.1. The number of hydrogen-bond donors (Lipinski definition) is 2. The molecule has 8 heteroatoms. The van der Waals surface area contributed by atoms with Gasteiger partial charge in [0.25, 0.3) is 0 Å². The van der Waals surface area contributed by atoms with Gasteiger partial charge in [0, 0.05) is 7.05 Å². The number of carboxylic acid groups (broad SMARTS) is 1. The summed E-state index contributed by atoms with van der Waals surface area (Å²) in [6, 6.07) is -1.04. The summed E-state index contributed by atoms with van der Waals surface area (Å²) in [5, 5.41) is 10.6. The van der Waals surface area contributed by atoms with Crippen LogP contribution in [-0.4, -0.2) is 55.6 Å². The predicted octanol–water partition coefficient (Wildman–Crippen LogP) is -1.53. The predicted molar refractivity (Wildman–Crippen MR) is 52.7 cm³/mol. The molecule has 0 rings (SSSR count). The number of sulfonamides is 1. The van der Waals surface area contributed by atoms with Crippen molar-refractivity contribution in [3.63, 3.8) is 0 Å². The van der Waals surface area contributed by atoms with Crippen molar-refractivity contribution in [1.82, 2.24) is 9.62 Å². The van der Waals surface area contributed by atoms with Gasteiger partial charge in [0.05, 0.1) is 12.8 Å². The maximum atomic E-state index is 11.1. The van der Waals surface area contributed by atoms with Gasteiger partial charge in [-0.05, 0) is 6.92 Å². The van der Waals surface area contributed by atoms with E-state index < -0.39 is 34.5 Å². The average Bonchev–Trinajstić information content (AvgIpc) is 2.01. The first-order valence-electron chi connectivity index (χ1n) is 4.08. The number of nitrogens with zero attached hydrogens (tertiary/aromatic N) is 1. The molecule has 0 saturated carbocycles. The van der Waals surface area contributed by atoms with E-state index in [9.17, 15) is 18.0 Å². The Kier molecular flexibility index (Phi) is 4.69. The Morgan fingerprint density at radius 2 is 1.93 bits per heavy atom. The molecule has 0 heterocycles.